The average Bonchev–Trinajstić information content (AvgIpc) is 3.23. The van der Waals surface area contributed by atoms with Crippen LogP contribution < -0.4 is 20.1 Å². The molecule has 1 heterocycles. The number of carbonyl (C=O) groups excluding carboxylic acids is 2. The number of ether oxygens (including phenoxy) is 2. The van der Waals surface area contributed by atoms with Gasteiger partial charge in [-0.25, -0.2) is 4.98 Å². The predicted octanol–water partition coefficient (Wildman–Crippen LogP) is 3.70. The lowest BCUT2D eigenvalue weighted by Crippen LogP contribution is -2.26. The molecule has 31 heavy (non-hydrogen) atoms. The van der Waals surface area contributed by atoms with Gasteiger partial charge in [0.25, 0.3) is 5.91 Å². The van der Waals surface area contributed by atoms with E-state index >= 15 is 0 Å². The first-order valence-corrected chi connectivity index (χ1v) is 10.8. The van der Waals surface area contributed by atoms with E-state index in [9.17, 15) is 9.59 Å². The first-order chi connectivity index (χ1) is 15.1. The average molecular weight is 440 g/mol. The number of carbonyl (C=O) groups is 2. The van der Waals surface area contributed by atoms with Crippen LogP contribution in [0.4, 0.5) is 5.13 Å². The molecule has 0 bridgehead atoms. The number of aromatic nitrogens is 1. The molecule has 0 aliphatic rings. The van der Waals surface area contributed by atoms with Crippen LogP contribution in [-0.2, 0) is 17.6 Å². The van der Waals surface area contributed by atoms with Crippen molar-refractivity contribution in [2.75, 3.05) is 26.1 Å². The summed E-state index contributed by atoms with van der Waals surface area (Å²) >= 11 is 1.28. The number of rotatable bonds is 10. The predicted molar refractivity (Wildman–Crippen MR) is 121 cm³/mol. The summed E-state index contributed by atoms with van der Waals surface area (Å²) in [6.07, 6.45) is 1.97. The van der Waals surface area contributed by atoms with Crippen LogP contribution in [0.2, 0.25) is 0 Å². The van der Waals surface area contributed by atoms with Crippen molar-refractivity contribution in [2.45, 2.75) is 19.3 Å². The Bertz CT molecular complexity index is 1020. The minimum atomic E-state index is -0.313. The second kappa shape index (κ2) is 11.1. The van der Waals surface area contributed by atoms with Crippen molar-refractivity contribution in [3.63, 3.8) is 0 Å². The number of amides is 2. The van der Waals surface area contributed by atoms with Crippen molar-refractivity contribution in [2.24, 2.45) is 0 Å². The zero-order valence-electron chi connectivity index (χ0n) is 17.5. The number of nitrogens with zero attached hydrogens (tertiary/aromatic N) is 1. The molecule has 1 aromatic heterocycles. The monoisotopic (exact) mass is 439 g/mol. The lowest BCUT2D eigenvalue weighted by molar-refractivity contribution is -0.120. The van der Waals surface area contributed by atoms with E-state index in [4.69, 9.17) is 9.47 Å². The van der Waals surface area contributed by atoms with E-state index in [0.29, 0.717) is 34.4 Å². The largest absolute Gasteiger partial charge is 0.493 e. The molecule has 0 aliphatic carbocycles. The van der Waals surface area contributed by atoms with Gasteiger partial charge in [0.05, 0.1) is 26.3 Å². The number of aryl methyl sites for hydroxylation is 1. The first kappa shape index (κ1) is 22.3. The standard InChI is InChI=1S/C23H25N3O4S/c1-29-19-11-10-17(13-20(19)30-2)22(28)26-23-25-18(15-31-23)14-21(27)24-12-6-9-16-7-4-3-5-8-16/h3-5,7-8,10-11,13,15H,6,9,12,14H2,1-2H3,(H,24,27)(H,25,26,28). The third-order valence-corrected chi connectivity index (χ3v) is 5.37. The van der Waals surface area contributed by atoms with E-state index in [0.717, 1.165) is 12.8 Å². The molecule has 0 radical (unpaired) electrons. The fourth-order valence-corrected chi connectivity index (χ4v) is 3.69. The van der Waals surface area contributed by atoms with Crippen LogP contribution >= 0.6 is 11.3 Å². The number of hydrogen-bond acceptors (Lipinski definition) is 6. The fourth-order valence-electron chi connectivity index (χ4n) is 2.98. The topological polar surface area (TPSA) is 89.5 Å². The molecular formula is C23H25N3O4S. The van der Waals surface area contributed by atoms with E-state index in [1.165, 1.54) is 31.1 Å². The molecule has 0 unspecified atom stereocenters. The van der Waals surface area contributed by atoms with E-state index in [2.05, 4.69) is 27.8 Å². The van der Waals surface area contributed by atoms with Crippen molar-refractivity contribution < 1.29 is 19.1 Å². The van der Waals surface area contributed by atoms with Crippen LogP contribution in [0.15, 0.2) is 53.9 Å². The molecule has 162 valence electrons. The zero-order valence-corrected chi connectivity index (χ0v) is 18.3. The maximum Gasteiger partial charge on any atom is 0.257 e. The lowest BCUT2D eigenvalue weighted by atomic mass is 10.1. The Morgan fingerprint density at radius 1 is 1.03 bits per heavy atom. The van der Waals surface area contributed by atoms with Crippen LogP contribution in [0.25, 0.3) is 0 Å². The number of anilines is 1. The second-order valence-electron chi connectivity index (χ2n) is 6.78. The quantitative estimate of drug-likeness (QED) is 0.470. The molecule has 2 amide bonds. The number of methoxy groups -OCH3 is 2. The van der Waals surface area contributed by atoms with E-state index in [-0.39, 0.29) is 18.2 Å². The van der Waals surface area contributed by atoms with Gasteiger partial charge < -0.3 is 14.8 Å². The van der Waals surface area contributed by atoms with Gasteiger partial charge in [-0.15, -0.1) is 11.3 Å². The van der Waals surface area contributed by atoms with E-state index < -0.39 is 0 Å². The summed E-state index contributed by atoms with van der Waals surface area (Å²) in [7, 11) is 3.05. The highest BCUT2D eigenvalue weighted by Crippen LogP contribution is 2.28. The van der Waals surface area contributed by atoms with Gasteiger partial charge in [-0.2, -0.15) is 0 Å². The summed E-state index contributed by atoms with van der Waals surface area (Å²) in [4.78, 5) is 29.0. The highest BCUT2D eigenvalue weighted by molar-refractivity contribution is 7.14. The number of hydrogen-bond donors (Lipinski definition) is 2. The smallest absolute Gasteiger partial charge is 0.257 e. The molecule has 3 rings (SSSR count). The molecule has 0 fully saturated rings. The van der Waals surface area contributed by atoms with E-state index in [1.807, 2.05) is 18.2 Å². The SMILES string of the molecule is COc1ccc(C(=O)Nc2nc(CC(=O)NCCCc3ccccc3)cs2)cc1OC. The minimum absolute atomic E-state index is 0.0869. The number of nitrogens with one attached hydrogen (secondary N) is 2. The summed E-state index contributed by atoms with van der Waals surface area (Å²) < 4.78 is 10.4. The van der Waals surface area contributed by atoms with Gasteiger partial charge in [0.15, 0.2) is 16.6 Å². The summed E-state index contributed by atoms with van der Waals surface area (Å²) in [6, 6.07) is 15.1. The van der Waals surface area contributed by atoms with Gasteiger partial charge in [-0.05, 0) is 36.6 Å². The van der Waals surface area contributed by atoms with Crippen molar-refractivity contribution in [3.8, 4) is 11.5 Å². The molecule has 0 atom stereocenters. The van der Waals surface area contributed by atoms with Gasteiger partial charge in [0.2, 0.25) is 5.91 Å². The van der Waals surface area contributed by atoms with Gasteiger partial charge in [-0.3, -0.25) is 14.9 Å². The van der Waals surface area contributed by atoms with Crippen LogP contribution in [0, 0.1) is 0 Å². The first-order valence-electron chi connectivity index (χ1n) is 9.87. The van der Waals surface area contributed by atoms with Crippen LogP contribution in [0.3, 0.4) is 0 Å². The molecule has 0 spiro atoms. The molecule has 2 N–H and O–H groups in total. The molecule has 8 heteroatoms. The normalized spacial score (nSPS) is 10.4. The summed E-state index contributed by atoms with van der Waals surface area (Å²) in [5, 5.41) is 7.87. The molecule has 2 aromatic carbocycles. The van der Waals surface area contributed by atoms with Crippen molar-refractivity contribution >= 4 is 28.3 Å². The second-order valence-corrected chi connectivity index (χ2v) is 7.64. The Morgan fingerprint density at radius 2 is 1.81 bits per heavy atom. The van der Waals surface area contributed by atoms with Gasteiger partial charge in [-0.1, -0.05) is 30.3 Å². The third-order valence-electron chi connectivity index (χ3n) is 4.57. The molecule has 7 nitrogen and oxygen atoms in total. The van der Waals surface area contributed by atoms with Crippen LogP contribution in [0.5, 0.6) is 11.5 Å². The zero-order chi connectivity index (χ0) is 22.1. The fraction of sp³-hybridized carbons (Fsp3) is 0.261. The van der Waals surface area contributed by atoms with Crippen LogP contribution in [0.1, 0.15) is 28.0 Å². The number of thiazole rings is 1. The Kier molecular flexibility index (Phi) is 8.00. The summed E-state index contributed by atoms with van der Waals surface area (Å²) in [5.74, 6) is 0.618. The molecular weight excluding hydrogens is 414 g/mol. The molecule has 0 saturated carbocycles. The highest BCUT2D eigenvalue weighted by atomic mass is 32.1. The van der Waals surface area contributed by atoms with Crippen molar-refractivity contribution in [1.82, 2.24) is 10.3 Å². The lowest BCUT2D eigenvalue weighted by Gasteiger charge is -2.09. The molecule has 0 saturated heterocycles. The summed E-state index contributed by atoms with van der Waals surface area (Å²) in [6.45, 7) is 0.612. The summed E-state index contributed by atoms with van der Waals surface area (Å²) in [5.41, 5.74) is 2.30. The maximum atomic E-state index is 12.5. The van der Waals surface area contributed by atoms with Crippen LogP contribution in [-0.4, -0.2) is 37.6 Å². The molecule has 3 aromatic rings. The maximum absolute atomic E-state index is 12.5. The van der Waals surface area contributed by atoms with Gasteiger partial charge in [0, 0.05) is 17.5 Å². The minimum Gasteiger partial charge on any atom is -0.493 e. The van der Waals surface area contributed by atoms with Gasteiger partial charge in [0.1, 0.15) is 0 Å². The Hall–Kier alpha value is -3.39. The Morgan fingerprint density at radius 3 is 2.55 bits per heavy atom. The van der Waals surface area contributed by atoms with Crippen molar-refractivity contribution in [1.29, 1.82) is 0 Å². The Labute approximate surface area is 185 Å². The molecule has 0 aliphatic heterocycles. The van der Waals surface area contributed by atoms with Crippen molar-refractivity contribution in [3.05, 3.63) is 70.7 Å². The highest BCUT2D eigenvalue weighted by Gasteiger charge is 2.13. The number of benzene rings is 2. The Balaban J connectivity index is 1.46. The van der Waals surface area contributed by atoms with Gasteiger partial charge >= 0.3 is 0 Å². The third kappa shape index (κ3) is 6.55. The van der Waals surface area contributed by atoms with E-state index in [1.54, 1.807) is 23.6 Å².